The summed E-state index contributed by atoms with van der Waals surface area (Å²) in [5, 5.41) is 18.0. The first kappa shape index (κ1) is 23.2. The van der Waals surface area contributed by atoms with E-state index >= 15 is 0 Å². The van der Waals surface area contributed by atoms with Crippen LogP contribution in [0.1, 0.15) is 30.9 Å². The van der Waals surface area contributed by atoms with Crippen molar-refractivity contribution < 1.29 is 23.5 Å². The SMILES string of the molecule is CC(CCc1ccc(-c2ccc(C=C[C@@H]3C[C@@H]3CO)cc2)cc1)(C(=O)NO)S(C)(=O)=O. The van der Waals surface area contributed by atoms with Gasteiger partial charge in [-0.2, -0.15) is 0 Å². The molecule has 1 aliphatic carbocycles. The molecule has 3 rings (SSSR count). The van der Waals surface area contributed by atoms with Crippen molar-refractivity contribution in [1.29, 1.82) is 0 Å². The smallest absolute Gasteiger partial charge is 0.264 e. The Balaban J connectivity index is 1.64. The van der Waals surface area contributed by atoms with Crippen molar-refractivity contribution in [3.8, 4) is 11.1 Å². The Bertz CT molecular complexity index is 1040. The highest BCUT2D eigenvalue weighted by Crippen LogP contribution is 2.39. The van der Waals surface area contributed by atoms with Crippen molar-refractivity contribution in [1.82, 2.24) is 5.48 Å². The molecule has 0 saturated heterocycles. The van der Waals surface area contributed by atoms with Gasteiger partial charge in [0.2, 0.25) is 0 Å². The maximum atomic E-state index is 12.1. The maximum absolute atomic E-state index is 12.1. The Kier molecular flexibility index (Phi) is 6.99. The molecule has 7 heteroatoms. The number of aliphatic hydroxyl groups excluding tert-OH is 1. The average molecular weight is 444 g/mol. The minimum absolute atomic E-state index is 0.0662. The Morgan fingerprint density at radius 3 is 2.19 bits per heavy atom. The summed E-state index contributed by atoms with van der Waals surface area (Å²) >= 11 is 0. The van der Waals surface area contributed by atoms with Crippen LogP contribution in [0.2, 0.25) is 0 Å². The molecule has 166 valence electrons. The van der Waals surface area contributed by atoms with Gasteiger partial charge in [-0.25, -0.2) is 13.9 Å². The summed E-state index contributed by atoms with van der Waals surface area (Å²) < 4.78 is 22.5. The minimum Gasteiger partial charge on any atom is -0.396 e. The average Bonchev–Trinajstić information content (AvgIpc) is 3.54. The third-order valence-electron chi connectivity index (χ3n) is 6.24. The highest BCUT2D eigenvalue weighted by Gasteiger charge is 2.43. The Labute approximate surface area is 183 Å². The molecule has 1 saturated carbocycles. The van der Waals surface area contributed by atoms with Crippen LogP contribution in [0, 0.1) is 11.8 Å². The van der Waals surface area contributed by atoms with Crippen LogP contribution in [0.25, 0.3) is 17.2 Å². The summed E-state index contributed by atoms with van der Waals surface area (Å²) in [5.41, 5.74) is 5.61. The van der Waals surface area contributed by atoms with Crippen molar-refractivity contribution in [3.05, 3.63) is 65.7 Å². The summed E-state index contributed by atoms with van der Waals surface area (Å²) in [6.07, 6.45) is 6.76. The van der Waals surface area contributed by atoms with Crippen molar-refractivity contribution in [3.63, 3.8) is 0 Å². The number of hydrogen-bond donors (Lipinski definition) is 3. The molecule has 1 aliphatic rings. The van der Waals surface area contributed by atoms with Crippen LogP contribution in [0.5, 0.6) is 0 Å². The monoisotopic (exact) mass is 443 g/mol. The number of allylic oxidation sites excluding steroid dienone is 1. The normalized spacial score (nSPS) is 20.4. The second-order valence-corrected chi connectivity index (χ2v) is 10.9. The number of amides is 1. The highest BCUT2D eigenvalue weighted by molar-refractivity contribution is 7.92. The van der Waals surface area contributed by atoms with Gasteiger partial charge in [-0.3, -0.25) is 10.0 Å². The van der Waals surface area contributed by atoms with Gasteiger partial charge in [0.15, 0.2) is 9.84 Å². The van der Waals surface area contributed by atoms with E-state index in [4.69, 9.17) is 10.3 Å². The molecule has 0 spiro atoms. The fourth-order valence-electron chi connectivity index (χ4n) is 3.57. The molecule has 0 radical (unpaired) electrons. The molecular formula is C24H29NO5S. The largest absolute Gasteiger partial charge is 0.396 e. The molecule has 3 N–H and O–H groups in total. The van der Waals surface area contributed by atoms with Crippen LogP contribution in [-0.4, -0.2) is 42.2 Å². The third-order valence-corrected chi connectivity index (χ3v) is 8.26. The Morgan fingerprint density at radius 1 is 1.13 bits per heavy atom. The predicted octanol–water partition coefficient (Wildman–Crippen LogP) is 3.24. The lowest BCUT2D eigenvalue weighted by Crippen LogP contribution is -2.49. The Hall–Kier alpha value is -2.48. The Morgan fingerprint density at radius 2 is 1.71 bits per heavy atom. The fourth-order valence-corrected chi connectivity index (χ4v) is 4.43. The first-order valence-electron chi connectivity index (χ1n) is 10.3. The molecule has 2 aromatic rings. The van der Waals surface area contributed by atoms with Crippen LogP contribution >= 0.6 is 0 Å². The molecule has 0 bridgehead atoms. The topological polar surface area (TPSA) is 104 Å². The minimum atomic E-state index is -3.70. The number of nitrogens with one attached hydrogen (secondary N) is 1. The molecule has 6 nitrogen and oxygen atoms in total. The standard InChI is InChI=1S/C24H29NO5S/c1-24(23(27)25-28,31(2,29)30)14-13-18-5-10-20(11-6-18)19-8-3-17(4-9-19)7-12-21-15-22(21)16-26/h3-12,21-22,26,28H,13-16H2,1-2H3,(H,25,27)/t21-,22-,24?/m1/s1. The number of sulfone groups is 1. The maximum Gasteiger partial charge on any atom is 0.264 e. The first-order chi connectivity index (χ1) is 14.7. The molecule has 3 atom stereocenters. The summed E-state index contributed by atoms with van der Waals surface area (Å²) in [7, 11) is -3.70. The fraction of sp³-hybridized carbons (Fsp3) is 0.375. The number of rotatable bonds is 9. The molecular weight excluding hydrogens is 414 g/mol. The second kappa shape index (κ2) is 9.34. The van der Waals surface area contributed by atoms with E-state index < -0.39 is 20.5 Å². The lowest BCUT2D eigenvalue weighted by atomic mass is 9.97. The van der Waals surface area contributed by atoms with E-state index in [2.05, 4.69) is 36.4 Å². The predicted molar refractivity (Wildman–Crippen MR) is 121 cm³/mol. The first-order valence-corrected chi connectivity index (χ1v) is 12.2. The number of carbonyl (C=O) groups is 1. The number of aliphatic hydroxyl groups is 1. The molecule has 1 amide bonds. The second-order valence-electron chi connectivity index (χ2n) is 8.46. The van der Waals surface area contributed by atoms with Gasteiger partial charge in [0.1, 0.15) is 4.75 Å². The van der Waals surface area contributed by atoms with Crippen LogP contribution in [0.15, 0.2) is 54.6 Å². The molecule has 0 heterocycles. The number of benzene rings is 2. The van der Waals surface area contributed by atoms with Gasteiger partial charge in [0.25, 0.3) is 5.91 Å². The van der Waals surface area contributed by atoms with Gasteiger partial charge >= 0.3 is 0 Å². The number of hydrogen-bond acceptors (Lipinski definition) is 5. The zero-order valence-corrected chi connectivity index (χ0v) is 18.6. The summed E-state index contributed by atoms with van der Waals surface area (Å²) in [5.74, 6) is -0.0121. The van der Waals surface area contributed by atoms with Gasteiger partial charge in [-0.1, -0.05) is 60.7 Å². The summed E-state index contributed by atoms with van der Waals surface area (Å²) in [6.45, 7) is 1.58. The summed E-state index contributed by atoms with van der Waals surface area (Å²) in [4.78, 5) is 11.9. The van der Waals surface area contributed by atoms with Crippen molar-refractivity contribution >= 4 is 21.8 Å². The van der Waals surface area contributed by atoms with E-state index in [1.165, 1.54) is 12.4 Å². The van der Waals surface area contributed by atoms with Gasteiger partial charge in [-0.05, 0) is 60.3 Å². The van der Waals surface area contributed by atoms with E-state index in [9.17, 15) is 13.2 Å². The molecule has 1 unspecified atom stereocenters. The summed E-state index contributed by atoms with van der Waals surface area (Å²) in [6, 6.07) is 16.0. The molecule has 0 aromatic heterocycles. The van der Waals surface area contributed by atoms with Crippen molar-refractivity contribution in [2.24, 2.45) is 11.8 Å². The highest BCUT2D eigenvalue weighted by atomic mass is 32.2. The van der Waals surface area contributed by atoms with E-state index in [1.54, 1.807) is 0 Å². The van der Waals surface area contributed by atoms with E-state index in [0.717, 1.165) is 34.9 Å². The zero-order valence-electron chi connectivity index (χ0n) is 17.8. The van der Waals surface area contributed by atoms with Gasteiger partial charge in [-0.15, -0.1) is 0 Å². The van der Waals surface area contributed by atoms with Crippen LogP contribution in [0.3, 0.4) is 0 Å². The van der Waals surface area contributed by atoms with Crippen molar-refractivity contribution in [2.75, 3.05) is 12.9 Å². The van der Waals surface area contributed by atoms with Crippen LogP contribution in [-0.2, 0) is 21.1 Å². The third kappa shape index (κ3) is 5.42. The van der Waals surface area contributed by atoms with Crippen molar-refractivity contribution in [2.45, 2.75) is 30.9 Å². The lowest BCUT2D eigenvalue weighted by molar-refractivity contribution is -0.131. The number of carbonyl (C=O) groups excluding carboxylic acids is 1. The molecule has 2 aromatic carbocycles. The number of hydroxylamine groups is 1. The lowest BCUT2D eigenvalue weighted by Gasteiger charge is -2.25. The van der Waals surface area contributed by atoms with Gasteiger partial charge in [0, 0.05) is 12.9 Å². The van der Waals surface area contributed by atoms with Gasteiger partial charge in [0.05, 0.1) is 0 Å². The van der Waals surface area contributed by atoms with E-state index in [-0.39, 0.29) is 13.0 Å². The molecule has 1 fully saturated rings. The van der Waals surface area contributed by atoms with Crippen LogP contribution in [0.4, 0.5) is 0 Å². The zero-order chi connectivity index (χ0) is 22.6. The van der Waals surface area contributed by atoms with Gasteiger partial charge < -0.3 is 5.11 Å². The number of aryl methyl sites for hydroxylation is 1. The van der Waals surface area contributed by atoms with E-state index in [1.807, 2.05) is 24.3 Å². The quantitative estimate of drug-likeness (QED) is 0.408. The molecule has 31 heavy (non-hydrogen) atoms. The van der Waals surface area contributed by atoms with E-state index in [0.29, 0.717) is 18.3 Å². The van der Waals surface area contributed by atoms with Crippen LogP contribution < -0.4 is 5.48 Å². The molecule has 0 aliphatic heterocycles.